The van der Waals surface area contributed by atoms with E-state index >= 15 is 0 Å². The number of amides is 1. The third-order valence-electron chi connectivity index (χ3n) is 6.03. The Morgan fingerprint density at radius 3 is 2.75 bits per heavy atom. The quantitative estimate of drug-likeness (QED) is 0.281. The van der Waals surface area contributed by atoms with Gasteiger partial charge in [-0.25, -0.2) is 0 Å². The lowest BCUT2D eigenvalue weighted by molar-refractivity contribution is -0.115. The minimum absolute atomic E-state index is 0.0996. The number of aromatic nitrogens is 1. The highest BCUT2D eigenvalue weighted by Crippen LogP contribution is 2.20. The predicted molar refractivity (Wildman–Crippen MR) is 130 cm³/mol. The molecule has 2 aromatic rings. The fraction of sp³-hybridized carbons (Fsp3) is 0.458. The lowest BCUT2D eigenvalue weighted by atomic mass is 10.0. The number of guanidine groups is 1. The van der Waals surface area contributed by atoms with Crippen LogP contribution in [0.4, 0.5) is 0 Å². The lowest BCUT2D eigenvalue weighted by Crippen LogP contribution is -2.57. The molecule has 0 bridgehead atoms. The summed E-state index contributed by atoms with van der Waals surface area (Å²) in [6.07, 6.45) is 5.42. The number of fused-ring (bicyclic) bond motifs is 1. The molecule has 0 aliphatic carbocycles. The van der Waals surface area contributed by atoms with E-state index in [1.807, 2.05) is 43.1 Å². The fourth-order valence-electron chi connectivity index (χ4n) is 3.90. The summed E-state index contributed by atoms with van der Waals surface area (Å²) in [5, 5.41) is 23.3. The van der Waals surface area contributed by atoms with Crippen LogP contribution in [0.5, 0.6) is 0 Å². The highest BCUT2D eigenvalue weighted by molar-refractivity contribution is 6.39. The van der Waals surface area contributed by atoms with Crippen molar-refractivity contribution in [2.45, 2.75) is 45.7 Å². The van der Waals surface area contributed by atoms with Gasteiger partial charge in [0.25, 0.3) is 5.91 Å². The molecule has 5 N–H and O–H groups in total. The molecule has 2 heterocycles. The Bertz CT molecular complexity index is 1000. The van der Waals surface area contributed by atoms with Crippen LogP contribution in [0.1, 0.15) is 32.8 Å². The van der Waals surface area contributed by atoms with Gasteiger partial charge in [0, 0.05) is 48.8 Å². The molecule has 2 atom stereocenters. The highest BCUT2D eigenvalue weighted by atomic mass is 16.2. The summed E-state index contributed by atoms with van der Waals surface area (Å²) >= 11 is 0. The number of H-pyrrole nitrogens is 1. The summed E-state index contributed by atoms with van der Waals surface area (Å²) in [6.45, 7) is 8.42. The average molecular weight is 438 g/mol. The first-order valence-corrected chi connectivity index (χ1v) is 11.1. The molecule has 32 heavy (non-hydrogen) atoms. The van der Waals surface area contributed by atoms with Gasteiger partial charge in [-0.05, 0) is 52.3 Å². The first-order valence-electron chi connectivity index (χ1n) is 11.1. The Hall–Kier alpha value is -3.13. The molecule has 172 valence electrons. The van der Waals surface area contributed by atoms with Gasteiger partial charge in [-0.1, -0.05) is 29.8 Å². The van der Waals surface area contributed by atoms with Gasteiger partial charge in [0.15, 0.2) is 11.8 Å². The molecule has 0 spiro atoms. The zero-order chi connectivity index (χ0) is 23.3. The molecule has 8 heteroatoms. The summed E-state index contributed by atoms with van der Waals surface area (Å²) in [4.78, 5) is 20.2. The number of aromatic amines is 1. The molecular weight excluding hydrogens is 402 g/mol. The number of piperazine rings is 1. The van der Waals surface area contributed by atoms with Crippen LogP contribution in [-0.2, 0) is 11.2 Å². The van der Waals surface area contributed by atoms with Gasteiger partial charge in [0.05, 0.1) is 0 Å². The summed E-state index contributed by atoms with van der Waals surface area (Å²) in [6, 6.07) is 8.27. The minimum Gasteiger partial charge on any atom is -0.361 e. The maximum absolute atomic E-state index is 12.8. The maximum Gasteiger partial charge on any atom is 0.286 e. The van der Waals surface area contributed by atoms with Gasteiger partial charge < -0.3 is 25.4 Å². The SMILES string of the molecule is CC(C)=CCC(Cc1c[nH]c2ccccc12)NC(=O)C(=N)NC(=N)N1CCN(C)C(C)C1. The van der Waals surface area contributed by atoms with E-state index in [9.17, 15) is 4.79 Å². The summed E-state index contributed by atoms with van der Waals surface area (Å²) in [5.74, 6) is -0.700. The van der Waals surface area contributed by atoms with Crippen LogP contribution in [0.15, 0.2) is 42.1 Å². The lowest BCUT2D eigenvalue weighted by Gasteiger charge is -2.38. The molecule has 2 unspecified atom stereocenters. The summed E-state index contributed by atoms with van der Waals surface area (Å²) in [7, 11) is 2.06. The normalized spacial score (nSPS) is 17.6. The highest BCUT2D eigenvalue weighted by Gasteiger charge is 2.24. The van der Waals surface area contributed by atoms with Crippen LogP contribution >= 0.6 is 0 Å². The number of carbonyl (C=O) groups excluding carboxylic acids is 1. The zero-order valence-electron chi connectivity index (χ0n) is 19.5. The smallest absolute Gasteiger partial charge is 0.286 e. The number of hydrogen-bond donors (Lipinski definition) is 5. The van der Waals surface area contributed by atoms with Crippen molar-refractivity contribution in [1.29, 1.82) is 10.8 Å². The molecule has 1 amide bonds. The molecule has 1 fully saturated rings. The number of hydrogen-bond acceptors (Lipinski definition) is 4. The zero-order valence-corrected chi connectivity index (χ0v) is 19.5. The molecule has 1 saturated heterocycles. The first kappa shape index (κ1) is 23.5. The van der Waals surface area contributed by atoms with Crippen molar-refractivity contribution in [3.8, 4) is 0 Å². The fourth-order valence-corrected chi connectivity index (χ4v) is 3.90. The van der Waals surface area contributed by atoms with E-state index < -0.39 is 5.91 Å². The second-order valence-electron chi connectivity index (χ2n) is 8.88. The summed E-state index contributed by atoms with van der Waals surface area (Å²) in [5.41, 5.74) is 3.38. The number of nitrogens with one attached hydrogen (secondary N) is 5. The topological polar surface area (TPSA) is 111 Å². The van der Waals surface area contributed by atoms with Crippen molar-refractivity contribution in [3.63, 3.8) is 0 Å². The second kappa shape index (κ2) is 10.5. The van der Waals surface area contributed by atoms with Crippen LogP contribution in [-0.4, -0.2) is 71.3 Å². The van der Waals surface area contributed by atoms with Crippen molar-refractivity contribution in [2.75, 3.05) is 26.7 Å². The van der Waals surface area contributed by atoms with E-state index in [0.29, 0.717) is 32.0 Å². The molecule has 1 aromatic heterocycles. The van der Waals surface area contributed by atoms with Gasteiger partial charge in [0.1, 0.15) is 0 Å². The number of likely N-dealkylation sites (N-methyl/N-ethyl adjacent to an activating group) is 1. The molecule has 8 nitrogen and oxygen atoms in total. The Labute approximate surface area is 190 Å². The monoisotopic (exact) mass is 437 g/mol. The van der Waals surface area contributed by atoms with E-state index in [1.165, 1.54) is 5.57 Å². The molecule has 1 aliphatic rings. The van der Waals surface area contributed by atoms with Gasteiger partial charge in [-0.15, -0.1) is 0 Å². The van der Waals surface area contributed by atoms with Crippen LogP contribution in [0.3, 0.4) is 0 Å². The van der Waals surface area contributed by atoms with Crippen LogP contribution in [0, 0.1) is 10.8 Å². The number of carbonyl (C=O) groups is 1. The Morgan fingerprint density at radius 2 is 2.03 bits per heavy atom. The van der Waals surface area contributed by atoms with Crippen molar-refractivity contribution >= 4 is 28.6 Å². The second-order valence-corrected chi connectivity index (χ2v) is 8.88. The van der Waals surface area contributed by atoms with Gasteiger partial charge in [0.2, 0.25) is 0 Å². The molecule has 0 radical (unpaired) electrons. The predicted octanol–water partition coefficient (Wildman–Crippen LogP) is 2.69. The largest absolute Gasteiger partial charge is 0.361 e. The molecule has 1 aliphatic heterocycles. The molecular formula is C24H35N7O. The van der Waals surface area contributed by atoms with Crippen molar-refractivity contribution in [3.05, 3.63) is 47.7 Å². The average Bonchev–Trinajstić information content (AvgIpc) is 3.16. The van der Waals surface area contributed by atoms with E-state index in [-0.39, 0.29) is 17.8 Å². The van der Waals surface area contributed by atoms with Crippen LogP contribution < -0.4 is 10.6 Å². The van der Waals surface area contributed by atoms with Crippen molar-refractivity contribution in [1.82, 2.24) is 25.4 Å². The van der Waals surface area contributed by atoms with E-state index in [2.05, 4.69) is 46.6 Å². The Balaban J connectivity index is 1.63. The number of rotatable bonds is 5. The number of benzene rings is 1. The molecule has 0 saturated carbocycles. The maximum atomic E-state index is 12.8. The third kappa shape index (κ3) is 5.97. The number of amidine groups is 1. The van der Waals surface area contributed by atoms with Crippen LogP contribution in [0.25, 0.3) is 10.9 Å². The molecule has 3 rings (SSSR count). The van der Waals surface area contributed by atoms with Crippen molar-refractivity contribution < 1.29 is 4.79 Å². The van der Waals surface area contributed by atoms with Gasteiger partial charge >= 0.3 is 0 Å². The van der Waals surface area contributed by atoms with E-state index in [1.54, 1.807) is 0 Å². The summed E-state index contributed by atoms with van der Waals surface area (Å²) < 4.78 is 0. The number of nitrogens with zero attached hydrogens (tertiary/aromatic N) is 2. The third-order valence-corrected chi connectivity index (χ3v) is 6.03. The van der Waals surface area contributed by atoms with Crippen molar-refractivity contribution in [2.24, 2.45) is 0 Å². The molecule has 1 aromatic carbocycles. The number of allylic oxidation sites excluding steroid dienone is 1. The standard InChI is InChI=1S/C24H35N7O/c1-16(2)9-10-19(13-18-14-27-21-8-6-5-7-20(18)21)28-23(32)22(25)29-24(26)31-12-11-30(4)17(3)15-31/h5-9,14,17,19,27H,10-13,15H2,1-4H3,(H,28,32)(H3,25,26,29). The minimum atomic E-state index is -0.496. The first-order chi connectivity index (χ1) is 15.2. The number of para-hydroxylation sites is 1. The van der Waals surface area contributed by atoms with E-state index in [4.69, 9.17) is 10.8 Å². The Kier molecular flexibility index (Phi) is 7.69. The van der Waals surface area contributed by atoms with Crippen LogP contribution in [0.2, 0.25) is 0 Å². The van der Waals surface area contributed by atoms with Gasteiger partial charge in [-0.2, -0.15) is 0 Å². The Morgan fingerprint density at radius 1 is 1.28 bits per heavy atom. The van der Waals surface area contributed by atoms with E-state index in [0.717, 1.165) is 23.0 Å². The van der Waals surface area contributed by atoms with Gasteiger partial charge in [-0.3, -0.25) is 15.6 Å².